The van der Waals surface area contributed by atoms with Gasteiger partial charge in [-0.25, -0.2) is 0 Å². The molecule has 0 saturated carbocycles. The van der Waals surface area contributed by atoms with Crippen LogP contribution >= 0.6 is 39.1 Å². The van der Waals surface area contributed by atoms with Crippen molar-refractivity contribution in [2.75, 3.05) is 6.54 Å². The van der Waals surface area contributed by atoms with Crippen LogP contribution in [-0.2, 0) is 6.42 Å². The summed E-state index contributed by atoms with van der Waals surface area (Å²) in [6.45, 7) is 0.565. The van der Waals surface area contributed by atoms with Crippen molar-refractivity contribution >= 4 is 45.0 Å². The predicted molar refractivity (Wildman–Crippen MR) is 86.6 cm³/mol. The molecule has 2 nitrogen and oxygen atoms in total. The molecule has 0 heterocycles. The van der Waals surface area contributed by atoms with E-state index >= 15 is 0 Å². The second kappa shape index (κ2) is 7.11. The van der Waals surface area contributed by atoms with Crippen molar-refractivity contribution in [3.8, 4) is 0 Å². The van der Waals surface area contributed by atoms with Crippen LogP contribution in [0.25, 0.3) is 0 Å². The molecule has 0 atom stereocenters. The number of benzene rings is 2. The molecule has 5 heteroatoms. The third-order valence-electron chi connectivity index (χ3n) is 2.79. The van der Waals surface area contributed by atoms with Gasteiger partial charge >= 0.3 is 0 Å². The van der Waals surface area contributed by atoms with Crippen molar-refractivity contribution < 1.29 is 4.79 Å². The van der Waals surface area contributed by atoms with E-state index < -0.39 is 0 Å². The SMILES string of the molecule is O=C(NCCc1ccc(Cl)cc1)c1ccc(Cl)cc1Br. The summed E-state index contributed by atoms with van der Waals surface area (Å²) in [4.78, 5) is 12.0. The second-order valence-electron chi connectivity index (χ2n) is 4.26. The standard InChI is InChI=1S/C15H12BrCl2NO/c16-14-9-12(18)5-6-13(14)15(20)19-8-7-10-1-3-11(17)4-2-10/h1-6,9H,7-8H2,(H,19,20). The molecular formula is C15H12BrCl2NO. The number of hydrogen-bond acceptors (Lipinski definition) is 1. The first-order chi connectivity index (χ1) is 9.56. The van der Waals surface area contributed by atoms with Crippen LogP contribution in [0.4, 0.5) is 0 Å². The molecule has 1 amide bonds. The van der Waals surface area contributed by atoms with E-state index in [4.69, 9.17) is 23.2 Å². The number of carbonyl (C=O) groups excluding carboxylic acids is 1. The lowest BCUT2D eigenvalue weighted by atomic mass is 10.1. The molecule has 0 saturated heterocycles. The van der Waals surface area contributed by atoms with Gasteiger partial charge in [-0.15, -0.1) is 0 Å². The first-order valence-corrected chi connectivity index (χ1v) is 7.59. The van der Waals surface area contributed by atoms with Crippen LogP contribution in [0.3, 0.4) is 0 Å². The third-order valence-corrected chi connectivity index (χ3v) is 3.93. The van der Waals surface area contributed by atoms with Crippen LogP contribution < -0.4 is 5.32 Å². The summed E-state index contributed by atoms with van der Waals surface area (Å²) in [5.74, 6) is -0.123. The van der Waals surface area contributed by atoms with E-state index in [0.717, 1.165) is 12.0 Å². The molecule has 0 aliphatic heterocycles. The summed E-state index contributed by atoms with van der Waals surface area (Å²) in [6.07, 6.45) is 0.758. The first-order valence-electron chi connectivity index (χ1n) is 6.04. The van der Waals surface area contributed by atoms with Gasteiger partial charge in [0.25, 0.3) is 5.91 Å². The average Bonchev–Trinajstić information content (AvgIpc) is 2.41. The number of rotatable bonds is 4. The van der Waals surface area contributed by atoms with E-state index in [1.54, 1.807) is 18.2 Å². The monoisotopic (exact) mass is 371 g/mol. The molecule has 104 valence electrons. The van der Waals surface area contributed by atoms with Crippen molar-refractivity contribution in [1.82, 2.24) is 5.32 Å². The molecule has 2 aromatic rings. The minimum atomic E-state index is -0.123. The average molecular weight is 373 g/mol. The van der Waals surface area contributed by atoms with Gasteiger partial charge in [0.15, 0.2) is 0 Å². The zero-order valence-corrected chi connectivity index (χ0v) is 13.6. The van der Waals surface area contributed by atoms with Crippen molar-refractivity contribution in [3.05, 3.63) is 68.1 Å². The minimum absolute atomic E-state index is 0.123. The fourth-order valence-electron chi connectivity index (χ4n) is 1.74. The fourth-order valence-corrected chi connectivity index (χ4v) is 2.73. The molecule has 2 rings (SSSR count). The number of halogens is 3. The van der Waals surface area contributed by atoms with Gasteiger partial charge in [0.1, 0.15) is 0 Å². The summed E-state index contributed by atoms with van der Waals surface area (Å²) < 4.78 is 0.689. The number of hydrogen-bond donors (Lipinski definition) is 1. The molecule has 0 aliphatic carbocycles. The summed E-state index contributed by atoms with van der Waals surface area (Å²) >= 11 is 15.0. The van der Waals surface area contributed by atoms with Crippen molar-refractivity contribution in [2.24, 2.45) is 0 Å². The Morgan fingerprint density at radius 1 is 1.05 bits per heavy atom. The smallest absolute Gasteiger partial charge is 0.252 e. The Labute approximate surface area is 136 Å². The van der Waals surface area contributed by atoms with Gasteiger partial charge in [0.05, 0.1) is 5.56 Å². The van der Waals surface area contributed by atoms with Crippen molar-refractivity contribution in [1.29, 1.82) is 0 Å². The topological polar surface area (TPSA) is 29.1 Å². The normalized spacial score (nSPS) is 10.3. The highest BCUT2D eigenvalue weighted by molar-refractivity contribution is 9.10. The highest BCUT2D eigenvalue weighted by Crippen LogP contribution is 2.21. The van der Waals surface area contributed by atoms with E-state index in [1.165, 1.54) is 0 Å². The van der Waals surface area contributed by atoms with Gasteiger partial charge in [-0.05, 0) is 58.2 Å². The molecule has 0 radical (unpaired) electrons. The summed E-state index contributed by atoms with van der Waals surface area (Å²) in [5, 5.41) is 4.18. The Hall–Kier alpha value is -1.03. The van der Waals surface area contributed by atoms with E-state index in [1.807, 2.05) is 24.3 Å². The Kier molecular flexibility index (Phi) is 5.46. The van der Waals surface area contributed by atoms with Gasteiger partial charge in [-0.2, -0.15) is 0 Å². The van der Waals surface area contributed by atoms with E-state index in [2.05, 4.69) is 21.2 Å². The Balaban J connectivity index is 1.90. The quantitative estimate of drug-likeness (QED) is 0.825. The van der Waals surface area contributed by atoms with Crippen LogP contribution in [-0.4, -0.2) is 12.5 Å². The maximum Gasteiger partial charge on any atom is 0.252 e. The largest absolute Gasteiger partial charge is 0.352 e. The summed E-state index contributed by atoms with van der Waals surface area (Å²) in [7, 11) is 0. The van der Waals surface area contributed by atoms with Crippen LogP contribution in [0.2, 0.25) is 10.0 Å². The maximum atomic E-state index is 12.0. The zero-order chi connectivity index (χ0) is 14.5. The highest BCUT2D eigenvalue weighted by Gasteiger charge is 2.09. The molecule has 2 aromatic carbocycles. The number of carbonyl (C=O) groups is 1. The highest BCUT2D eigenvalue weighted by atomic mass is 79.9. The maximum absolute atomic E-state index is 12.0. The van der Waals surface area contributed by atoms with Crippen LogP contribution in [0, 0.1) is 0 Å². The molecule has 0 unspecified atom stereocenters. The Morgan fingerprint density at radius 3 is 2.35 bits per heavy atom. The summed E-state index contributed by atoms with van der Waals surface area (Å²) in [6, 6.07) is 12.7. The molecule has 20 heavy (non-hydrogen) atoms. The Morgan fingerprint density at radius 2 is 1.70 bits per heavy atom. The fraction of sp³-hybridized carbons (Fsp3) is 0.133. The van der Waals surface area contributed by atoms with Gasteiger partial charge in [-0.3, -0.25) is 4.79 Å². The molecule has 0 spiro atoms. The van der Waals surface area contributed by atoms with Crippen molar-refractivity contribution in [2.45, 2.75) is 6.42 Å². The van der Waals surface area contributed by atoms with Crippen molar-refractivity contribution in [3.63, 3.8) is 0 Å². The first kappa shape index (κ1) is 15.4. The molecule has 0 aliphatic rings. The van der Waals surface area contributed by atoms with Crippen LogP contribution in [0.15, 0.2) is 46.9 Å². The van der Waals surface area contributed by atoms with Gasteiger partial charge in [0, 0.05) is 21.1 Å². The van der Waals surface area contributed by atoms with E-state index in [9.17, 15) is 4.79 Å². The minimum Gasteiger partial charge on any atom is -0.352 e. The lowest BCUT2D eigenvalue weighted by Gasteiger charge is -2.07. The molecule has 1 N–H and O–H groups in total. The molecule has 0 aromatic heterocycles. The Bertz CT molecular complexity index is 614. The lowest BCUT2D eigenvalue weighted by molar-refractivity contribution is 0.0953. The van der Waals surface area contributed by atoms with Crippen LogP contribution in [0.5, 0.6) is 0 Å². The van der Waals surface area contributed by atoms with E-state index in [0.29, 0.717) is 26.6 Å². The second-order valence-corrected chi connectivity index (χ2v) is 5.98. The molecule has 0 bridgehead atoms. The number of nitrogens with one attached hydrogen (secondary N) is 1. The van der Waals surface area contributed by atoms with Gasteiger partial charge < -0.3 is 5.32 Å². The molecule has 0 fully saturated rings. The van der Waals surface area contributed by atoms with Gasteiger partial charge in [-0.1, -0.05) is 35.3 Å². The zero-order valence-electron chi connectivity index (χ0n) is 10.5. The van der Waals surface area contributed by atoms with Gasteiger partial charge in [0.2, 0.25) is 0 Å². The number of amides is 1. The molecular weight excluding hydrogens is 361 g/mol. The van der Waals surface area contributed by atoms with E-state index in [-0.39, 0.29) is 5.91 Å². The van der Waals surface area contributed by atoms with Crippen LogP contribution in [0.1, 0.15) is 15.9 Å². The lowest BCUT2D eigenvalue weighted by Crippen LogP contribution is -2.26. The predicted octanol–water partition coefficient (Wildman–Crippen LogP) is 4.73. The summed E-state index contributed by atoms with van der Waals surface area (Å²) in [5.41, 5.74) is 1.70. The third kappa shape index (κ3) is 4.23.